The van der Waals surface area contributed by atoms with Gasteiger partial charge in [-0.15, -0.1) is 0 Å². The highest BCUT2D eigenvalue weighted by molar-refractivity contribution is 9.10. The molecule has 0 amide bonds. The third-order valence-corrected chi connectivity index (χ3v) is 4.49. The lowest BCUT2D eigenvalue weighted by Gasteiger charge is -2.26. The van der Waals surface area contributed by atoms with Crippen LogP contribution in [-0.4, -0.2) is 17.5 Å². The van der Waals surface area contributed by atoms with Crippen molar-refractivity contribution in [3.8, 4) is 0 Å². The quantitative estimate of drug-likeness (QED) is 0.821. The van der Waals surface area contributed by atoms with Crippen LogP contribution in [0.25, 0.3) is 0 Å². The SMILES string of the molecule is CSNc1cc(C2CCC(O)CC2)ccc1Br. The van der Waals surface area contributed by atoms with Gasteiger partial charge < -0.3 is 9.83 Å². The molecule has 1 fully saturated rings. The summed E-state index contributed by atoms with van der Waals surface area (Å²) >= 11 is 5.15. The molecule has 0 spiro atoms. The fourth-order valence-corrected chi connectivity index (χ4v) is 3.26. The minimum absolute atomic E-state index is 0.0782. The molecule has 0 atom stereocenters. The van der Waals surface area contributed by atoms with E-state index >= 15 is 0 Å². The summed E-state index contributed by atoms with van der Waals surface area (Å²) in [6.45, 7) is 0. The molecule has 0 aromatic heterocycles. The summed E-state index contributed by atoms with van der Waals surface area (Å²) in [6, 6.07) is 6.53. The van der Waals surface area contributed by atoms with Crippen LogP contribution in [0.1, 0.15) is 37.2 Å². The van der Waals surface area contributed by atoms with Crippen molar-refractivity contribution in [2.24, 2.45) is 0 Å². The van der Waals surface area contributed by atoms with E-state index in [1.54, 1.807) is 11.9 Å². The topological polar surface area (TPSA) is 32.3 Å². The van der Waals surface area contributed by atoms with Crippen LogP contribution in [0.4, 0.5) is 5.69 Å². The van der Waals surface area contributed by atoms with Gasteiger partial charge in [-0.25, -0.2) is 0 Å². The molecule has 2 nitrogen and oxygen atoms in total. The highest BCUT2D eigenvalue weighted by Gasteiger charge is 2.21. The Bertz CT molecular complexity index is 378. The lowest BCUT2D eigenvalue weighted by Crippen LogP contribution is -2.16. The Balaban J connectivity index is 2.12. The molecule has 0 bridgehead atoms. The molecular weight excluding hydrogens is 298 g/mol. The van der Waals surface area contributed by atoms with Crippen LogP contribution in [0.3, 0.4) is 0 Å². The third kappa shape index (κ3) is 3.39. The second-order valence-corrected chi connectivity index (χ2v) is 6.02. The first kappa shape index (κ1) is 13.2. The molecule has 17 heavy (non-hydrogen) atoms. The van der Waals surface area contributed by atoms with Crippen LogP contribution in [0.15, 0.2) is 22.7 Å². The van der Waals surface area contributed by atoms with E-state index in [1.165, 1.54) is 5.56 Å². The smallest absolute Gasteiger partial charge is 0.0586 e. The second kappa shape index (κ2) is 6.12. The van der Waals surface area contributed by atoms with E-state index in [4.69, 9.17) is 0 Å². The van der Waals surface area contributed by atoms with Crippen molar-refractivity contribution in [3.63, 3.8) is 0 Å². The van der Waals surface area contributed by atoms with E-state index in [9.17, 15) is 5.11 Å². The average molecular weight is 316 g/mol. The number of benzene rings is 1. The number of hydrogen-bond donors (Lipinski definition) is 2. The largest absolute Gasteiger partial charge is 0.393 e. The van der Waals surface area contributed by atoms with E-state index < -0.39 is 0 Å². The molecule has 0 radical (unpaired) electrons. The van der Waals surface area contributed by atoms with Crippen LogP contribution < -0.4 is 4.72 Å². The van der Waals surface area contributed by atoms with Gasteiger partial charge in [-0.05, 0) is 65.2 Å². The molecule has 2 rings (SSSR count). The van der Waals surface area contributed by atoms with Gasteiger partial charge in [0.05, 0.1) is 11.8 Å². The van der Waals surface area contributed by atoms with Gasteiger partial charge in [0.2, 0.25) is 0 Å². The molecule has 0 heterocycles. The monoisotopic (exact) mass is 315 g/mol. The summed E-state index contributed by atoms with van der Waals surface area (Å²) in [7, 11) is 0. The van der Waals surface area contributed by atoms with Gasteiger partial charge in [-0.3, -0.25) is 0 Å². The highest BCUT2D eigenvalue weighted by Crippen LogP contribution is 2.36. The number of hydrogen-bond acceptors (Lipinski definition) is 3. The van der Waals surface area contributed by atoms with Crippen molar-refractivity contribution in [1.29, 1.82) is 0 Å². The van der Waals surface area contributed by atoms with Crippen LogP contribution in [0.5, 0.6) is 0 Å². The fourth-order valence-electron chi connectivity index (χ4n) is 2.39. The molecule has 1 saturated carbocycles. The van der Waals surface area contributed by atoms with Crippen molar-refractivity contribution >= 4 is 33.6 Å². The van der Waals surface area contributed by atoms with Gasteiger partial charge in [-0.1, -0.05) is 18.0 Å². The van der Waals surface area contributed by atoms with Crippen molar-refractivity contribution < 1.29 is 5.11 Å². The maximum absolute atomic E-state index is 9.53. The third-order valence-electron chi connectivity index (χ3n) is 3.37. The summed E-state index contributed by atoms with van der Waals surface area (Å²) in [5.41, 5.74) is 2.53. The summed E-state index contributed by atoms with van der Waals surface area (Å²) in [4.78, 5) is 0. The van der Waals surface area contributed by atoms with E-state index in [-0.39, 0.29) is 6.10 Å². The molecular formula is C13H18BrNOS. The first-order valence-electron chi connectivity index (χ1n) is 5.97. The van der Waals surface area contributed by atoms with Crippen molar-refractivity contribution in [2.75, 3.05) is 11.0 Å². The Hall–Kier alpha value is -0.190. The van der Waals surface area contributed by atoms with Gasteiger partial charge in [-0.2, -0.15) is 0 Å². The summed E-state index contributed by atoms with van der Waals surface area (Å²) in [5, 5.41) is 9.53. The Labute approximate surface area is 115 Å². The van der Waals surface area contributed by atoms with Gasteiger partial charge in [0.1, 0.15) is 0 Å². The summed E-state index contributed by atoms with van der Waals surface area (Å²) in [6.07, 6.45) is 6.02. The standard InChI is InChI=1S/C13H18BrNOS/c1-17-15-13-8-10(4-7-12(13)14)9-2-5-11(16)6-3-9/h4,7-9,11,15-16H,2-3,5-6H2,1H3. The fraction of sp³-hybridized carbons (Fsp3) is 0.538. The molecule has 0 unspecified atom stereocenters. The Kier molecular flexibility index (Phi) is 4.77. The molecule has 0 saturated heterocycles. The number of aliphatic hydroxyl groups is 1. The van der Waals surface area contributed by atoms with E-state index in [0.717, 1.165) is 35.8 Å². The van der Waals surface area contributed by atoms with Crippen LogP contribution in [0, 0.1) is 0 Å². The zero-order valence-corrected chi connectivity index (χ0v) is 12.4. The maximum Gasteiger partial charge on any atom is 0.0586 e. The number of rotatable bonds is 3. The summed E-state index contributed by atoms with van der Waals surface area (Å²) < 4.78 is 4.39. The number of anilines is 1. The second-order valence-electron chi connectivity index (χ2n) is 4.55. The predicted molar refractivity (Wildman–Crippen MR) is 78.5 cm³/mol. The molecule has 1 aromatic carbocycles. The molecule has 1 aromatic rings. The Morgan fingerprint density at radius 3 is 2.65 bits per heavy atom. The zero-order valence-electron chi connectivity index (χ0n) is 9.95. The Morgan fingerprint density at radius 1 is 1.29 bits per heavy atom. The van der Waals surface area contributed by atoms with Gasteiger partial charge >= 0.3 is 0 Å². The molecule has 1 aliphatic rings. The van der Waals surface area contributed by atoms with Crippen LogP contribution in [0.2, 0.25) is 0 Å². The van der Waals surface area contributed by atoms with E-state index in [0.29, 0.717) is 5.92 Å². The molecule has 2 N–H and O–H groups in total. The normalized spacial score (nSPS) is 24.6. The Morgan fingerprint density at radius 2 is 2.00 bits per heavy atom. The van der Waals surface area contributed by atoms with Crippen LogP contribution in [-0.2, 0) is 0 Å². The molecule has 1 aliphatic carbocycles. The maximum atomic E-state index is 9.53. The first-order chi connectivity index (χ1) is 8.20. The molecule has 0 aliphatic heterocycles. The highest BCUT2D eigenvalue weighted by atomic mass is 79.9. The number of aliphatic hydroxyl groups excluding tert-OH is 1. The summed E-state index contributed by atoms with van der Waals surface area (Å²) in [5.74, 6) is 0.605. The number of nitrogens with one attached hydrogen (secondary N) is 1. The minimum Gasteiger partial charge on any atom is -0.393 e. The number of halogens is 1. The van der Waals surface area contributed by atoms with E-state index in [1.807, 2.05) is 6.26 Å². The van der Waals surface area contributed by atoms with Crippen molar-refractivity contribution in [2.45, 2.75) is 37.7 Å². The lowest BCUT2D eigenvalue weighted by molar-refractivity contribution is 0.122. The molecule has 94 valence electrons. The lowest BCUT2D eigenvalue weighted by atomic mass is 9.83. The van der Waals surface area contributed by atoms with Gasteiger partial charge in [0, 0.05) is 10.7 Å². The first-order valence-corrected chi connectivity index (χ1v) is 7.99. The van der Waals surface area contributed by atoms with Crippen molar-refractivity contribution in [1.82, 2.24) is 0 Å². The predicted octanol–water partition coefficient (Wildman–Crippen LogP) is 4.16. The van der Waals surface area contributed by atoms with Gasteiger partial charge in [0.25, 0.3) is 0 Å². The molecule has 4 heteroatoms. The average Bonchev–Trinajstić information content (AvgIpc) is 2.33. The van der Waals surface area contributed by atoms with Gasteiger partial charge in [0.15, 0.2) is 0 Å². The zero-order chi connectivity index (χ0) is 12.3. The van der Waals surface area contributed by atoms with E-state index in [2.05, 4.69) is 38.9 Å². The van der Waals surface area contributed by atoms with Crippen LogP contribution >= 0.6 is 27.9 Å². The van der Waals surface area contributed by atoms with Crippen molar-refractivity contribution in [3.05, 3.63) is 28.2 Å². The minimum atomic E-state index is -0.0782.